The van der Waals surface area contributed by atoms with Crippen molar-refractivity contribution in [2.75, 3.05) is 19.8 Å². The van der Waals surface area contributed by atoms with Crippen LogP contribution in [0.3, 0.4) is 0 Å². The van der Waals surface area contributed by atoms with Gasteiger partial charge in [0.05, 0.1) is 6.61 Å². The summed E-state index contributed by atoms with van der Waals surface area (Å²) in [6.07, 6.45) is 14.6. The Bertz CT molecular complexity index is 646. The lowest BCUT2D eigenvalue weighted by Gasteiger charge is -2.41. The maximum atomic E-state index is 6.59. The second-order valence-corrected chi connectivity index (χ2v) is 13.0. The molecule has 188 valence electrons. The Morgan fingerprint density at radius 3 is 1.64 bits per heavy atom. The third-order valence-electron chi connectivity index (χ3n) is 8.28. The summed E-state index contributed by atoms with van der Waals surface area (Å²) in [6, 6.07) is 7.02. The summed E-state index contributed by atoms with van der Waals surface area (Å²) in [7, 11) is 0. The molecule has 0 atom stereocenters. The molecule has 0 aliphatic heterocycles. The lowest BCUT2D eigenvalue weighted by atomic mass is 9.65. The predicted octanol–water partition coefficient (Wildman–Crippen LogP) is 9.28. The van der Waals surface area contributed by atoms with Gasteiger partial charge in [0.25, 0.3) is 0 Å². The van der Waals surface area contributed by atoms with Crippen molar-refractivity contribution >= 4 is 0 Å². The van der Waals surface area contributed by atoms with Crippen molar-refractivity contribution in [3.8, 4) is 5.75 Å². The molecule has 3 rings (SSSR count). The first-order valence-corrected chi connectivity index (χ1v) is 14.0. The second-order valence-electron chi connectivity index (χ2n) is 13.0. The Hall–Kier alpha value is -1.02. The monoisotopic (exact) mass is 456 g/mol. The smallest absolute Gasteiger partial charge is 0.126 e. The first kappa shape index (κ1) is 26.6. The Morgan fingerprint density at radius 1 is 0.697 bits per heavy atom. The van der Waals surface area contributed by atoms with Crippen LogP contribution in [0.2, 0.25) is 0 Å². The molecule has 0 radical (unpaired) electrons. The molecule has 2 fully saturated rings. The first-order chi connectivity index (χ1) is 15.7. The van der Waals surface area contributed by atoms with E-state index in [2.05, 4.69) is 59.7 Å². The normalized spacial score (nSPS) is 19.2. The number of hydrogen-bond acceptors (Lipinski definition) is 2. The fourth-order valence-electron chi connectivity index (χ4n) is 6.88. The van der Waals surface area contributed by atoms with E-state index >= 15 is 0 Å². The van der Waals surface area contributed by atoms with E-state index in [4.69, 9.17) is 9.47 Å². The van der Waals surface area contributed by atoms with Crippen LogP contribution in [0, 0.1) is 16.7 Å². The predicted molar refractivity (Wildman–Crippen MR) is 141 cm³/mol. The fourth-order valence-corrected chi connectivity index (χ4v) is 6.88. The van der Waals surface area contributed by atoms with Gasteiger partial charge in [0.2, 0.25) is 0 Å². The zero-order valence-corrected chi connectivity index (χ0v) is 22.7. The molecular formula is C31H52O2. The second kappa shape index (κ2) is 12.1. The summed E-state index contributed by atoms with van der Waals surface area (Å²) in [5.74, 6) is 3.22. The van der Waals surface area contributed by atoms with E-state index in [1.165, 1.54) is 81.1 Å². The lowest BCUT2D eigenvalue weighted by Crippen LogP contribution is -2.33. The molecule has 0 bridgehead atoms. The van der Waals surface area contributed by atoms with Gasteiger partial charge in [-0.1, -0.05) is 98.3 Å². The Balaban J connectivity index is 1.60. The maximum Gasteiger partial charge on any atom is 0.126 e. The van der Waals surface area contributed by atoms with Crippen LogP contribution in [0.5, 0.6) is 5.75 Å². The Labute approximate surface area is 205 Å². The summed E-state index contributed by atoms with van der Waals surface area (Å²) in [6.45, 7) is 16.3. The van der Waals surface area contributed by atoms with Crippen LogP contribution in [0.4, 0.5) is 0 Å². The fraction of sp³-hybridized carbons (Fsp3) is 0.806. The van der Waals surface area contributed by atoms with Crippen molar-refractivity contribution < 1.29 is 9.47 Å². The highest BCUT2D eigenvalue weighted by Crippen LogP contribution is 2.44. The summed E-state index contributed by atoms with van der Waals surface area (Å²) < 4.78 is 12.7. The van der Waals surface area contributed by atoms with Crippen LogP contribution in [0.1, 0.15) is 135 Å². The van der Waals surface area contributed by atoms with Gasteiger partial charge in [0.1, 0.15) is 12.4 Å². The van der Waals surface area contributed by atoms with Gasteiger partial charge >= 0.3 is 0 Å². The van der Waals surface area contributed by atoms with Crippen LogP contribution >= 0.6 is 0 Å². The molecule has 1 aromatic rings. The third-order valence-corrected chi connectivity index (χ3v) is 8.28. The zero-order chi connectivity index (χ0) is 23.9. The van der Waals surface area contributed by atoms with Gasteiger partial charge in [-0.05, 0) is 71.8 Å². The summed E-state index contributed by atoms with van der Waals surface area (Å²) in [5.41, 5.74) is 3.56. The van der Waals surface area contributed by atoms with Crippen LogP contribution in [-0.2, 0) is 4.74 Å². The average molecular weight is 457 g/mol. The Kier molecular flexibility index (Phi) is 9.74. The van der Waals surface area contributed by atoms with Crippen LogP contribution in [-0.4, -0.2) is 19.8 Å². The molecule has 0 saturated heterocycles. The Morgan fingerprint density at radius 2 is 1.18 bits per heavy atom. The standard InChI is InChI=1S/C31H52O2/c1-30(2,3)28(31(4,5)6)20-21-32-22-23-33-29-26(24-14-9-7-10-15-24)18-13-19-27(29)25-16-11-8-12-17-25/h13,18-19,24-25,28H,7-12,14-17,20-23H2,1-6H3. The van der Waals surface area contributed by atoms with Gasteiger partial charge in [-0.25, -0.2) is 0 Å². The van der Waals surface area contributed by atoms with Gasteiger partial charge in [-0.3, -0.25) is 0 Å². The topological polar surface area (TPSA) is 18.5 Å². The van der Waals surface area contributed by atoms with Crippen molar-refractivity contribution in [1.29, 1.82) is 0 Å². The van der Waals surface area contributed by atoms with Crippen molar-refractivity contribution in [3.63, 3.8) is 0 Å². The van der Waals surface area contributed by atoms with Crippen LogP contribution in [0.25, 0.3) is 0 Å². The van der Waals surface area contributed by atoms with Crippen molar-refractivity contribution in [1.82, 2.24) is 0 Å². The summed E-state index contributed by atoms with van der Waals surface area (Å²) >= 11 is 0. The molecule has 0 heterocycles. The number of para-hydroxylation sites is 1. The molecule has 2 nitrogen and oxygen atoms in total. The minimum atomic E-state index is 0.298. The molecule has 0 aromatic heterocycles. The van der Waals surface area contributed by atoms with E-state index < -0.39 is 0 Å². The summed E-state index contributed by atoms with van der Waals surface area (Å²) in [4.78, 5) is 0. The van der Waals surface area contributed by atoms with E-state index in [0.29, 0.717) is 41.8 Å². The number of rotatable bonds is 9. The van der Waals surface area contributed by atoms with Gasteiger partial charge in [0, 0.05) is 6.61 Å². The average Bonchev–Trinajstić information content (AvgIpc) is 2.78. The van der Waals surface area contributed by atoms with E-state index in [-0.39, 0.29) is 0 Å². The quantitative estimate of drug-likeness (QED) is 0.345. The van der Waals surface area contributed by atoms with E-state index in [1.807, 2.05) is 0 Å². The minimum absolute atomic E-state index is 0.298. The van der Waals surface area contributed by atoms with Gasteiger partial charge < -0.3 is 9.47 Å². The highest BCUT2D eigenvalue weighted by atomic mass is 16.5. The molecule has 0 amide bonds. The van der Waals surface area contributed by atoms with E-state index in [0.717, 1.165) is 13.0 Å². The summed E-state index contributed by atoms with van der Waals surface area (Å²) in [5, 5.41) is 0. The molecule has 0 unspecified atom stereocenters. The van der Waals surface area contributed by atoms with Gasteiger partial charge in [0.15, 0.2) is 0 Å². The van der Waals surface area contributed by atoms with Crippen molar-refractivity contribution in [2.24, 2.45) is 16.7 Å². The highest BCUT2D eigenvalue weighted by Gasteiger charge is 2.34. The highest BCUT2D eigenvalue weighted by molar-refractivity contribution is 5.46. The van der Waals surface area contributed by atoms with Crippen molar-refractivity contribution in [2.45, 2.75) is 124 Å². The lowest BCUT2D eigenvalue weighted by molar-refractivity contribution is 0.0362. The number of hydrogen-bond donors (Lipinski definition) is 0. The van der Waals surface area contributed by atoms with Crippen molar-refractivity contribution in [3.05, 3.63) is 29.3 Å². The van der Waals surface area contributed by atoms with Gasteiger partial charge in [-0.2, -0.15) is 0 Å². The maximum absolute atomic E-state index is 6.59. The largest absolute Gasteiger partial charge is 0.491 e. The molecule has 0 spiro atoms. The van der Waals surface area contributed by atoms with Crippen LogP contribution in [0.15, 0.2) is 18.2 Å². The SMILES string of the molecule is CC(C)(C)C(CCOCCOc1c(C2CCCCC2)cccc1C1CCCCC1)C(C)(C)C. The zero-order valence-electron chi connectivity index (χ0n) is 22.7. The van der Waals surface area contributed by atoms with E-state index in [9.17, 15) is 0 Å². The molecule has 33 heavy (non-hydrogen) atoms. The first-order valence-electron chi connectivity index (χ1n) is 14.0. The van der Waals surface area contributed by atoms with E-state index in [1.54, 1.807) is 0 Å². The molecule has 2 aliphatic carbocycles. The molecule has 1 aromatic carbocycles. The molecule has 2 saturated carbocycles. The minimum Gasteiger partial charge on any atom is -0.491 e. The third kappa shape index (κ3) is 7.74. The molecule has 0 N–H and O–H groups in total. The molecular weight excluding hydrogens is 404 g/mol. The molecule has 2 heteroatoms. The number of ether oxygens (including phenoxy) is 2. The molecule has 2 aliphatic rings. The number of benzene rings is 1. The van der Waals surface area contributed by atoms with Crippen LogP contribution < -0.4 is 4.74 Å². The van der Waals surface area contributed by atoms with Gasteiger partial charge in [-0.15, -0.1) is 0 Å².